The minimum atomic E-state index is -2.76. The third kappa shape index (κ3) is 3.06. The summed E-state index contributed by atoms with van der Waals surface area (Å²) >= 11 is 0. The molecule has 1 saturated heterocycles. The average molecular weight is 242 g/mol. The van der Waals surface area contributed by atoms with Crippen molar-refractivity contribution in [2.75, 3.05) is 25.0 Å². The van der Waals surface area contributed by atoms with Gasteiger partial charge in [0, 0.05) is 24.8 Å². The van der Waals surface area contributed by atoms with Gasteiger partial charge in [-0.05, 0) is 37.7 Å². The van der Waals surface area contributed by atoms with E-state index in [0.29, 0.717) is 6.04 Å². The maximum absolute atomic E-state index is 12.0. The Morgan fingerprint density at radius 2 is 2.06 bits per heavy atom. The smallest absolute Gasteiger partial charge is 0.387 e. The number of alkyl halides is 2. The Morgan fingerprint density at radius 1 is 1.35 bits per heavy atom. The van der Waals surface area contributed by atoms with E-state index in [9.17, 15) is 8.78 Å². The number of rotatable bonds is 4. The molecule has 0 amide bonds. The van der Waals surface area contributed by atoms with Crippen LogP contribution in [-0.4, -0.2) is 32.8 Å². The largest absolute Gasteiger partial charge is 0.435 e. The maximum atomic E-state index is 12.0. The number of halogens is 2. The van der Waals surface area contributed by atoms with Crippen molar-refractivity contribution in [1.82, 2.24) is 5.32 Å². The SMILES string of the molecule is CNC1CCN(c2ccc(OC(F)F)cc2)C1. The highest BCUT2D eigenvalue weighted by Crippen LogP contribution is 2.23. The molecule has 0 bridgehead atoms. The van der Waals surface area contributed by atoms with E-state index in [1.54, 1.807) is 12.1 Å². The average Bonchev–Trinajstić information content (AvgIpc) is 2.78. The van der Waals surface area contributed by atoms with Crippen LogP contribution in [0.1, 0.15) is 6.42 Å². The summed E-state index contributed by atoms with van der Waals surface area (Å²) in [6.45, 7) is -0.826. The lowest BCUT2D eigenvalue weighted by Gasteiger charge is -2.18. The van der Waals surface area contributed by atoms with E-state index in [2.05, 4.69) is 15.0 Å². The Balaban J connectivity index is 1.98. The lowest BCUT2D eigenvalue weighted by atomic mass is 10.3. The maximum Gasteiger partial charge on any atom is 0.387 e. The molecule has 1 atom stereocenters. The molecule has 1 aromatic carbocycles. The molecule has 94 valence electrons. The summed E-state index contributed by atoms with van der Waals surface area (Å²) in [6, 6.07) is 7.29. The van der Waals surface area contributed by atoms with Gasteiger partial charge in [-0.25, -0.2) is 0 Å². The minimum Gasteiger partial charge on any atom is -0.435 e. The van der Waals surface area contributed by atoms with Crippen LogP contribution < -0.4 is 15.0 Å². The summed E-state index contributed by atoms with van der Waals surface area (Å²) in [5.41, 5.74) is 1.05. The zero-order valence-corrected chi connectivity index (χ0v) is 9.70. The van der Waals surface area contributed by atoms with Gasteiger partial charge in [-0.15, -0.1) is 0 Å². The van der Waals surface area contributed by atoms with Crippen LogP contribution in [0.15, 0.2) is 24.3 Å². The van der Waals surface area contributed by atoms with Crippen molar-refractivity contribution < 1.29 is 13.5 Å². The van der Waals surface area contributed by atoms with Crippen molar-refractivity contribution in [3.8, 4) is 5.75 Å². The molecule has 3 nitrogen and oxygen atoms in total. The Kier molecular flexibility index (Phi) is 3.78. The van der Waals surface area contributed by atoms with Gasteiger partial charge >= 0.3 is 6.61 Å². The molecule has 1 heterocycles. The summed E-state index contributed by atoms with van der Waals surface area (Å²) in [5, 5.41) is 3.24. The van der Waals surface area contributed by atoms with E-state index in [1.165, 1.54) is 0 Å². The first-order chi connectivity index (χ1) is 8.19. The van der Waals surface area contributed by atoms with Crippen molar-refractivity contribution in [1.29, 1.82) is 0 Å². The van der Waals surface area contributed by atoms with Crippen LogP contribution in [-0.2, 0) is 0 Å². The number of anilines is 1. The van der Waals surface area contributed by atoms with E-state index in [1.807, 2.05) is 19.2 Å². The minimum absolute atomic E-state index is 0.202. The first kappa shape index (κ1) is 12.1. The number of nitrogens with one attached hydrogen (secondary N) is 1. The van der Waals surface area contributed by atoms with Crippen molar-refractivity contribution in [3.05, 3.63) is 24.3 Å². The molecular weight excluding hydrogens is 226 g/mol. The predicted octanol–water partition coefficient (Wildman–Crippen LogP) is 2.09. The Morgan fingerprint density at radius 3 is 2.59 bits per heavy atom. The number of benzene rings is 1. The van der Waals surface area contributed by atoms with Crippen LogP contribution in [0.3, 0.4) is 0 Å². The van der Waals surface area contributed by atoms with Crippen molar-refractivity contribution in [2.24, 2.45) is 0 Å². The molecule has 1 fully saturated rings. The van der Waals surface area contributed by atoms with Crippen LogP contribution in [0.25, 0.3) is 0 Å². The fourth-order valence-corrected chi connectivity index (χ4v) is 2.07. The Hall–Kier alpha value is -1.36. The molecule has 5 heteroatoms. The van der Waals surface area contributed by atoms with Crippen molar-refractivity contribution in [2.45, 2.75) is 19.1 Å². The topological polar surface area (TPSA) is 24.5 Å². The van der Waals surface area contributed by atoms with Crippen LogP contribution in [0, 0.1) is 0 Å². The molecule has 0 aromatic heterocycles. The van der Waals surface area contributed by atoms with Gasteiger partial charge in [0.05, 0.1) is 0 Å². The Bertz CT molecular complexity index is 356. The third-order valence-electron chi connectivity index (χ3n) is 3.02. The third-order valence-corrected chi connectivity index (χ3v) is 3.02. The highest BCUT2D eigenvalue weighted by atomic mass is 19.3. The molecule has 1 aliphatic heterocycles. The molecule has 0 radical (unpaired) electrons. The Labute approximate surface area is 99.4 Å². The molecule has 1 unspecified atom stereocenters. The fourth-order valence-electron chi connectivity index (χ4n) is 2.07. The number of likely N-dealkylation sites (N-methyl/N-ethyl adjacent to an activating group) is 1. The monoisotopic (exact) mass is 242 g/mol. The van der Waals surface area contributed by atoms with E-state index < -0.39 is 6.61 Å². The van der Waals surface area contributed by atoms with Crippen molar-refractivity contribution in [3.63, 3.8) is 0 Å². The quantitative estimate of drug-likeness (QED) is 0.875. The second-order valence-electron chi connectivity index (χ2n) is 4.09. The highest BCUT2D eigenvalue weighted by Gasteiger charge is 2.20. The molecule has 0 spiro atoms. The summed E-state index contributed by atoms with van der Waals surface area (Å²) in [7, 11) is 1.95. The van der Waals surface area contributed by atoms with Gasteiger partial charge in [-0.2, -0.15) is 8.78 Å². The summed E-state index contributed by atoms with van der Waals surface area (Å²) < 4.78 is 28.3. The van der Waals surface area contributed by atoms with Gasteiger partial charge in [-0.3, -0.25) is 0 Å². The highest BCUT2D eigenvalue weighted by molar-refractivity contribution is 5.50. The molecule has 0 saturated carbocycles. The molecule has 2 rings (SSSR count). The first-order valence-electron chi connectivity index (χ1n) is 5.66. The van der Waals surface area contributed by atoms with Crippen molar-refractivity contribution >= 4 is 5.69 Å². The number of hydrogen-bond donors (Lipinski definition) is 1. The molecule has 1 N–H and O–H groups in total. The zero-order valence-electron chi connectivity index (χ0n) is 9.70. The van der Waals surface area contributed by atoms with Crippen LogP contribution in [0.4, 0.5) is 14.5 Å². The molecule has 1 aromatic rings. The van der Waals surface area contributed by atoms with Gasteiger partial charge in [0.15, 0.2) is 0 Å². The van der Waals surface area contributed by atoms with E-state index in [0.717, 1.165) is 25.2 Å². The molecule has 17 heavy (non-hydrogen) atoms. The first-order valence-corrected chi connectivity index (χ1v) is 5.66. The number of hydrogen-bond acceptors (Lipinski definition) is 3. The molecule has 1 aliphatic rings. The van der Waals surface area contributed by atoms with E-state index in [4.69, 9.17) is 0 Å². The zero-order chi connectivity index (χ0) is 12.3. The van der Waals surface area contributed by atoms with Gasteiger partial charge < -0.3 is 15.0 Å². The van der Waals surface area contributed by atoms with Gasteiger partial charge in [0.1, 0.15) is 5.75 Å². The van der Waals surface area contributed by atoms with Crippen LogP contribution in [0.2, 0.25) is 0 Å². The fraction of sp³-hybridized carbons (Fsp3) is 0.500. The van der Waals surface area contributed by atoms with E-state index in [-0.39, 0.29) is 5.75 Å². The van der Waals surface area contributed by atoms with E-state index >= 15 is 0 Å². The summed E-state index contributed by atoms with van der Waals surface area (Å²) in [6.07, 6.45) is 1.10. The van der Waals surface area contributed by atoms with Gasteiger partial charge in [0.2, 0.25) is 0 Å². The lowest BCUT2D eigenvalue weighted by Crippen LogP contribution is -2.29. The van der Waals surface area contributed by atoms with Gasteiger partial charge in [0.25, 0.3) is 0 Å². The normalized spacial score (nSPS) is 20.0. The number of nitrogens with zero attached hydrogens (tertiary/aromatic N) is 1. The predicted molar refractivity (Wildman–Crippen MR) is 62.8 cm³/mol. The second kappa shape index (κ2) is 5.31. The molecule has 0 aliphatic carbocycles. The van der Waals surface area contributed by atoms with Crippen LogP contribution in [0.5, 0.6) is 5.75 Å². The lowest BCUT2D eigenvalue weighted by molar-refractivity contribution is -0.0498. The summed E-state index contributed by atoms with van der Waals surface area (Å²) in [5.74, 6) is 0.202. The molecular formula is C12H16F2N2O. The summed E-state index contributed by atoms with van der Waals surface area (Å²) in [4.78, 5) is 2.23. The van der Waals surface area contributed by atoms with Crippen LogP contribution >= 0.6 is 0 Å². The standard InChI is InChI=1S/C12H16F2N2O/c1-15-9-6-7-16(8-9)10-2-4-11(5-3-10)17-12(13)14/h2-5,9,12,15H,6-8H2,1H3. The van der Waals surface area contributed by atoms with Gasteiger partial charge in [-0.1, -0.05) is 0 Å². The second-order valence-corrected chi connectivity index (χ2v) is 4.09. The number of ether oxygens (including phenoxy) is 1.